The van der Waals surface area contributed by atoms with Crippen LogP contribution in [-0.4, -0.2) is 58.1 Å². The van der Waals surface area contributed by atoms with Crippen molar-refractivity contribution in [1.29, 1.82) is 0 Å². The first-order chi connectivity index (χ1) is 16.6. The number of rotatable bonds is 10. The Balaban J connectivity index is 1.51. The molecule has 0 saturated carbocycles. The molecule has 188 valence electrons. The number of hydrogen-bond acceptors (Lipinski definition) is 6. The summed E-state index contributed by atoms with van der Waals surface area (Å²) in [5, 5.41) is 10.6. The van der Waals surface area contributed by atoms with Crippen LogP contribution in [0.1, 0.15) is 17.5 Å². The Hall–Kier alpha value is -3.25. The number of carboxylic acids is 1. The second kappa shape index (κ2) is 11.9. The molecular formula is C23H24F3N3O5S. The summed E-state index contributed by atoms with van der Waals surface area (Å²) in [6.45, 7) is 0.0632. The number of halogens is 3. The van der Waals surface area contributed by atoms with Gasteiger partial charge in [0.2, 0.25) is 5.91 Å². The van der Waals surface area contributed by atoms with Crippen LogP contribution in [0.4, 0.5) is 13.2 Å². The maximum atomic E-state index is 13.9. The largest absolute Gasteiger partial charge is 0.482 e. The molecule has 2 aromatic carbocycles. The monoisotopic (exact) mass is 511 g/mol. The Morgan fingerprint density at radius 2 is 1.83 bits per heavy atom. The molecular weight excluding hydrogens is 487 g/mol. The van der Waals surface area contributed by atoms with Gasteiger partial charge in [0.25, 0.3) is 5.91 Å². The molecule has 0 aromatic heterocycles. The van der Waals surface area contributed by atoms with E-state index in [9.17, 15) is 27.6 Å². The molecule has 2 atom stereocenters. The lowest BCUT2D eigenvalue weighted by Gasteiger charge is -2.24. The van der Waals surface area contributed by atoms with E-state index in [-0.39, 0.29) is 30.9 Å². The van der Waals surface area contributed by atoms with Crippen LogP contribution in [0.25, 0.3) is 0 Å². The normalized spacial score (nSPS) is 16.1. The number of nitrogens with zero attached hydrogens (tertiary/aromatic N) is 1. The molecule has 35 heavy (non-hydrogen) atoms. The summed E-state index contributed by atoms with van der Waals surface area (Å²) in [4.78, 5) is 37.4. The molecule has 8 nitrogen and oxygen atoms in total. The number of carbonyl (C=O) groups is 3. The summed E-state index contributed by atoms with van der Waals surface area (Å²) in [7, 11) is 0. The minimum absolute atomic E-state index is 0.131. The number of carbonyl (C=O) groups excluding carboxylic acids is 2. The smallest absolute Gasteiger partial charge is 0.341 e. The molecule has 1 saturated heterocycles. The van der Waals surface area contributed by atoms with Crippen LogP contribution >= 0.6 is 11.8 Å². The second-order valence-corrected chi connectivity index (χ2v) is 9.07. The van der Waals surface area contributed by atoms with Gasteiger partial charge in [-0.15, -0.1) is 11.8 Å². The Labute approximate surface area is 203 Å². The van der Waals surface area contributed by atoms with Crippen LogP contribution in [0, 0.1) is 17.5 Å². The van der Waals surface area contributed by atoms with E-state index in [0.29, 0.717) is 24.1 Å². The van der Waals surface area contributed by atoms with Crippen molar-refractivity contribution in [2.24, 2.45) is 5.73 Å². The highest BCUT2D eigenvalue weighted by atomic mass is 32.2. The summed E-state index contributed by atoms with van der Waals surface area (Å²) < 4.78 is 45.4. The van der Waals surface area contributed by atoms with Gasteiger partial charge in [-0.2, -0.15) is 0 Å². The van der Waals surface area contributed by atoms with Crippen LogP contribution in [0.15, 0.2) is 36.4 Å². The Bertz CT molecular complexity index is 1090. The van der Waals surface area contributed by atoms with Crippen molar-refractivity contribution in [3.8, 4) is 5.75 Å². The van der Waals surface area contributed by atoms with Crippen LogP contribution in [0.3, 0.4) is 0 Å². The van der Waals surface area contributed by atoms with E-state index >= 15 is 0 Å². The highest BCUT2D eigenvalue weighted by Crippen LogP contribution is 2.25. The zero-order chi connectivity index (χ0) is 25.5. The lowest BCUT2D eigenvalue weighted by molar-refractivity contribution is -0.139. The summed E-state index contributed by atoms with van der Waals surface area (Å²) in [5.74, 6) is -4.37. The SMILES string of the molecule is N[C@@H](CC(=O)N1CCSC1C(=O)NCc1ccc(OCC(=O)O)cc1)Cc1cc(F)c(F)cc1F. The van der Waals surface area contributed by atoms with Crippen molar-refractivity contribution < 1.29 is 37.4 Å². The standard InChI is InChI=1S/C23H24F3N3O5S/c24-17-10-19(26)18(25)8-14(17)7-15(27)9-20(30)29-5-6-35-23(29)22(33)28-11-13-1-3-16(4-2-13)34-12-21(31)32/h1-4,8,10,15,23H,5-7,9,11-12,27H2,(H,28,33)(H,31,32)/t15-,23?/m1/s1. The topological polar surface area (TPSA) is 122 Å². The molecule has 2 amide bonds. The molecule has 1 fully saturated rings. The number of benzene rings is 2. The van der Waals surface area contributed by atoms with Crippen LogP contribution in [0.5, 0.6) is 5.75 Å². The minimum Gasteiger partial charge on any atom is -0.482 e. The number of hydrogen-bond donors (Lipinski definition) is 3. The first-order valence-corrected chi connectivity index (χ1v) is 11.7. The summed E-state index contributed by atoms with van der Waals surface area (Å²) in [5.41, 5.74) is 6.57. The molecule has 3 rings (SSSR count). The van der Waals surface area contributed by atoms with E-state index in [0.717, 1.165) is 11.6 Å². The average molecular weight is 512 g/mol. The molecule has 1 aliphatic rings. The van der Waals surface area contributed by atoms with Gasteiger partial charge in [0.05, 0.1) is 0 Å². The maximum Gasteiger partial charge on any atom is 0.341 e. The van der Waals surface area contributed by atoms with Gasteiger partial charge in [0, 0.05) is 37.4 Å². The highest BCUT2D eigenvalue weighted by Gasteiger charge is 2.35. The Morgan fingerprint density at radius 1 is 1.14 bits per heavy atom. The molecule has 0 bridgehead atoms. The van der Waals surface area contributed by atoms with E-state index in [1.807, 2.05) is 0 Å². The van der Waals surface area contributed by atoms with Gasteiger partial charge >= 0.3 is 5.97 Å². The fourth-order valence-electron chi connectivity index (χ4n) is 3.48. The number of amides is 2. The van der Waals surface area contributed by atoms with Gasteiger partial charge in [0.1, 0.15) is 11.6 Å². The molecule has 1 aliphatic heterocycles. The first kappa shape index (κ1) is 26.4. The van der Waals surface area contributed by atoms with E-state index in [2.05, 4.69) is 5.32 Å². The predicted molar refractivity (Wildman–Crippen MR) is 122 cm³/mol. The van der Waals surface area contributed by atoms with E-state index in [1.165, 1.54) is 16.7 Å². The van der Waals surface area contributed by atoms with Crippen LogP contribution in [0.2, 0.25) is 0 Å². The van der Waals surface area contributed by atoms with Crippen molar-refractivity contribution >= 4 is 29.5 Å². The van der Waals surface area contributed by atoms with E-state index < -0.39 is 47.4 Å². The van der Waals surface area contributed by atoms with Gasteiger partial charge in [-0.3, -0.25) is 9.59 Å². The van der Waals surface area contributed by atoms with Crippen molar-refractivity contribution in [2.45, 2.75) is 30.8 Å². The second-order valence-electron chi connectivity index (χ2n) is 7.88. The zero-order valence-electron chi connectivity index (χ0n) is 18.5. The van der Waals surface area contributed by atoms with Gasteiger partial charge in [-0.25, -0.2) is 18.0 Å². The third-order valence-electron chi connectivity index (χ3n) is 5.20. The molecule has 4 N–H and O–H groups in total. The van der Waals surface area contributed by atoms with E-state index in [1.54, 1.807) is 24.3 Å². The molecule has 2 aromatic rings. The van der Waals surface area contributed by atoms with Crippen LogP contribution < -0.4 is 15.8 Å². The molecule has 0 aliphatic carbocycles. The van der Waals surface area contributed by atoms with Crippen LogP contribution in [-0.2, 0) is 27.3 Å². The van der Waals surface area contributed by atoms with Crippen molar-refractivity contribution in [1.82, 2.24) is 10.2 Å². The average Bonchev–Trinajstić information content (AvgIpc) is 3.30. The van der Waals surface area contributed by atoms with Gasteiger partial charge in [-0.05, 0) is 35.7 Å². The zero-order valence-corrected chi connectivity index (χ0v) is 19.3. The number of carboxylic acid groups (broad SMARTS) is 1. The third-order valence-corrected chi connectivity index (χ3v) is 6.40. The third kappa shape index (κ3) is 7.36. The van der Waals surface area contributed by atoms with Crippen molar-refractivity contribution in [3.05, 3.63) is 65.0 Å². The molecule has 1 unspecified atom stereocenters. The maximum absolute atomic E-state index is 13.9. The Kier molecular flexibility index (Phi) is 8.99. The summed E-state index contributed by atoms with van der Waals surface area (Å²) in [6, 6.07) is 6.84. The van der Waals surface area contributed by atoms with Gasteiger partial charge in [-0.1, -0.05) is 12.1 Å². The molecule has 12 heteroatoms. The quantitative estimate of drug-likeness (QED) is 0.418. The lowest BCUT2D eigenvalue weighted by Crippen LogP contribution is -2.46. The molecule has 1 heterocycles. The molecule has 0 radical (unpaired) electrons. The number of aliphatic carboxylic acids is 1. The summed E-state index contributed by atoms with van der Waals surface area (Å²) >= 11 is 1.30. The van der Waals surface area contributed by atoms with E-state index in [4.69, 9.17) is 15.6 Å². The van der Waals surface area contributed by atoms with Gasteiger partial charge in [0.15, 0.2) is 23.6 Å². The minimum atomic E-state index is -1.30. The fourth-order valence-corrected chi connectivity index (χ4v) is 4.65. The number of nitrogens with one attached hydrogen (secondary N) is 1. The molecule has 0 spiro atoms. The first-order valence-electron chi connectivity index (χ1n) is 10.7. The number of thioether (sulfide) groups is 1. The lowest BCUT2D eigenvalue weighted by atomic mass is 10.0. The van der Waals surface area contributed by atoms with Gasteiger partial charge < -0.3 is 25.8 Å². The number of ether oxygens (including phenoxy) is 1. The van der Waals surface area contributed by atoms with Crippen molar-refractivity contribution in [3.63, 3.8) is 0 Å². The summed E-state index contributed by atoms with van der Waals surface area (Å²) in [6.07, 6.45) is -0.362. The predicted octanol–water partition coefficient (Wildman–Crippen LogP) is 2.05. The fraction of sp³-hybridized carbons (Fsp3) is 0.348. The van der Waals surface area contributed by atoms with Crippen molar-refractivity contribution in [2.75, 3.05) is 18.9 Å². The number of nitrogens with two attached hydrogens (primary N) is 1. The Morgan fingerprint density at radius 3 is 2.51 bits per heavy atom. The highest BCUT2D eigenvalue weighted by molar-refractivity contribution is 8.00.